The van der Waals surface area contributed by atoms with E-state index in [0.717, 1.165) is 0 Å². The molecule has 1 N–H and O–H groups in total. The molecule has 1 aromatic heterocycles. The van der Waals surface area contributed by atoms with Gasteiger partial charge in [0.25, 0.3) is 5.91 Å². The molecule has 4 nitrogen and oxygen atoms in total. The molecule has 0 aliphatic rings. The van der Waals surface area contributed by atoms with E-state index in [4.69, 9.17) is 27.9 Å². The minimum atomic E-state index is -0.286. The van der Waals surface area contributed by atoms with Gasteiger partial charge in [-0.1, -0.05) is 49.2 Å². The van der Waals surface area contributed by atoms with Gasteiger partial charge in [0.1, 0.15) is 10.0 Å². The monoisotopic (exact) mass is 366 g/mol. The second-order valence-electron chi connectivity index (χ2n) is 5.85. The van der Waals surface area contributed by atoms with Crippen molar-refractivity contribution in [3.8, 4) is 5.75 Å². The molecule has 0 saturated carbocycles. The highest BCUT2D eigenvalue weighted by Crippen LogP contribution is 2.36. The van der Waals surface area contributed by atoms with E-state index in [-0.39, 0.29) is 18.3 Å². The summed E-state index contributed by atoms with van der Waals surface area (Å²) in [5, 5.41) is 3.42. The fraction of sp³-hybridized carbons (Fsp3) is 0.333. The number of nitrogens with zero attached hydrogens (tertiary/aromatic N) is 1. The number of hydrogen-bond donors (Lipinski definition) is 1. The van der Waals surface area contributed by atoms with Gasteiger partial charge >= 0.3 is 0 Å². The zero-order valence-corrected chi connectivity index (χ0v) is 15.6. The molecular weight excluding hydrogens is 347 g/mol. The number of aromatic nitrogens is 1. The van der Waals surface area contributed by atoms with Gasteiger partial charge in [0.05, 0.1) is 11.4 Å². The molecule has 0 spiro atoms. The Morgan fingerprint density at radius 1 is 1.12 bits per heavy atom. The van der Waals surface area contributed by atoms with Crippen LogP contribution in [0.15, 0.2) is 24.3 Å². The molecule has 1 aromatic carbocycles. The van der Waals surface area contributed by atoms with Crippen LogP contribution in [0.5, 0.6) is 5.75 Å². The molecule has 24 heavy (non-hydrogen) atoms. The first-order chi connectivity index (χ1) is 11.3. The summed E-state index contributed by atoms with van der Waals surface area (Å²) in [5.74, 6) is 0.445. The van der Waals surface area contributed by atoms with Crippen LogP contribution in [0.2, 0.25) is 10.0 Å². The first-order valence-electron chi connectivity index (χ1n) is 7.64. The Morgan fingerprint density at radius 3 is 2.17 bits per heavy atom. The van der Waals surface area contributed by atoms with Crippen molar-refractivity contribution in [1.29, 1.82) is 0 Å². The third-order valence-corrected chi connectivity index (χ3v) is 4.47. The lowest BCUT2D eigenvalue weighted by Crippen LogP contribution is -2.20. The summed E-state index contributed by atoms with van der Waals surface area (Å²) in [5.41, 5.74) is 3.15. The number of hydrogen-bond acceptors (Lipinski definition) is 3. The molecule has 0 atom stereocenters. The number of amides is 1. The van der Waals surface area contributed by atoms with Gasteiger partial charge in [-0.3, -0.25) is 9.78 Å². The number of halogens is 2. The van der Waals surface area contributed by atoms with Crippen molar-refractivity contribution in [3.63, 3.8) is 0 Å². The van der Waals surface area contributed by atoms with E-state index in [1.807, 2.05) is 24.3 Å². The first-order valence-corrected chi connectivity index (χ1v) is 8.40. The maximum atomic E-state index is 12.1. The number of ether oxygens (including phenoxy) is 1. The van der Waals surface area contributed by atoms with Crippen LogP contribution >= 0.6 is 23.2 Å². The summed E-state index contributed by atoms with van der Waals surface area (Å²) in [6, 6.07) is 7.72. The maximum Gasteiger partial charge on any atom is 0.262 e. The minimum absolute atomic E-state index is 0.186. The summed E-state index contributed by atoms with van der Waals surface area (Å²) in [6.07, 6.45) is 0. The van der Waals surface area contributed by atoms with E-state index < -0.39 is 0 Å². The molecule has 2 rings (SSSR count). The Morgan fingerprint density at radius 2 is 1.67 bits per heavy atom. The maximum absolute atomic E-state index is 12.1. The van der Waals surface area contributed by atoms with E-state index in [9.17, 15) is 4.79 Å². The molecule has 0 aliphatic carbocycles. The summed E-state index contributed by atoms with van der Waals surface area (Å²) in [6.45, 7) is 7.57. The Balaban J connectivity index is 2.01. The molecule has 6 heteroatoms. The third-order valence-electron chi connectivity index (χ3n) is 3.58. The van der Waals surface area contributed by atoms with E-state index in [1.165, 1.54) is 5.56 Å². The van der Waals surface area contributed by atoms with Crippen molar-refractivity contribution < 1.29 is 9.53 Å². The van der Waals surface area contributed by atoms with Gasteiger partial charge in [0.2, 0.25) is 0 Å². The van der Waals surface area contributed by atoms with Crippen LogP contribution in [0.4, 0.5) is 5.69 Å². The van der Waals surface area contributed by atoms with Crippen molar-refractivity contribution in [2.45, 2.75) is 33.6 Å². The molecule has 0 bridgehead atoms. The Bertz CT molecular complexity index is 717. The quantitative estimate of drug-likeness (QED) is 0.796. The van der Waals surface area contributed by atoms with Gasteiger partial charge in [-0.15, -0.1) is 0 Å². The SMILES string of the molecule is Cc1nc(C)c(Cl)c(OCC(=O)Nc2ccc(C(C)C)cc2)c1Cl. The van der Waals surface area contributed by atoms with Gasteiger partial charge in [-0.25, -0.2) is 0 Å². The molecule has 0 unspecified atom stereocenters. The van der Waals surface area contributed by atoms with Crippen molar-refractivity contribution >= 4 is 34.8 Å². The predicted molar refractivity (Wildman–Crippen MR) is 98.4 cm³/mol. The smallest absolute Gasteiger partial charge is 0.262 e. The summed E-state index contributed by atoms with van der Waals surface area (Å²) in [4.78, 5) is 16.3. The second kappa shape index (κ2) is 7.86. The highest BCUT2D eigenvalue weighted by atomic mass is 35.5. The van der Waals surface area contributed by atoms with Crippen molar-refractivity contribution in [2.24, 2.45) is 0 Å². The standard InChI is InChI=1S/C18H20Cl2N2O2/c1-10(2)13-5-7-14(8-6-13)22-15(23)9-24-18-16(19)11(3)21-12(4)17(18)20/h5-8,10H,9H2,1-4H3,(H,22,23). The number of nitrogens with one attached hydrogen (secondary N) is 1. The zero-order chi connectivity index (χ0) is 17.9. The molecule has 1 amide bonds. The average molecular weight is 367 g/mol. The molecular formula is C18H20Cl2N2O2. The highest BCUT2D eigenvalue weighted by molar-refractivity contribution is 6.37. The number of anilines is 1. The topological polar surface area (TPSA) is 51.2 Å². The average Bonchev–Trinajstić information content (AvgIpc) is 2.53. The Kier molecular flexibility index (Phi) is 6.08. The summed E-state index contributed by atoms with van der Waals surface area (Å²) in [7, 11) is 0. The van der Waals surface area contributed by atoms with Crippen molar-refractivity contribution in [2.75, 3.05) is 11.9 Å². The lowest BCUT2D eigenvalue weighted by atomic mass is 10.0. The normalized spacial score (nSPS) is 10.8. The van der Waals surface area contributed by atoms with E-state index >= 15 is 0 Å². The fourth-order valence-corrected chi connectivity index (χ4v) is 2.62. The highest BCUT2D eigenvalue weighted by Gasteiger charge is 2.16. The van der Waals surface area contributed by atoms with Crippen LogP contribution in [0, 0.1) is 13.8 Å². The summed E-state index contributed by atoms with van der Waals surface area (Å²) < 4.78 is 5.51. The van der Waals surface area contributed by atoms with Crippen LogP contribution in [-0.2, 0) is 4.79 Å². The largest absolute Gasteiger partial charge is 0.480 e. The van der Waals surface area contributed by atoms with Crippen LogP contribution in [0.25, 0.3) is 0 Å². The van der Waals surface area contributed by atoms with Gasteiger partial charge in [0.15, 0.2) is 12.4 Å². The van der Waals surface area contributed by atoms with Gasteiger partial charge in [0, 0.05) is 5.69 Å². The van der Waals surface area contributed by atoms with Crippen LogP contribution in [0.1, 0.15) is 36.7 Å². The number of carbonyl (C=O) groups is 1. The number of aryl methyl sites for hydroxylation is 2. The number of pyridine rings is 1. The van der Waals surface area contributed by atoms with Crippen molar-refractivity contribution in [1.82, 2.24) is 4.98 Å². The van der Waals surface area contributed by atoms with Gasteiger partial charge in [-0.2, -0.15) is 0 Å². The lowest BCUT2D eigenvalue weighted by molar-refractivity contribution is -0.118. The number of rotatable bonds is 5. The predicted octanol–water partition coefficient (Wildman–Crippen LogP) is 5.15. The Labute approximate surface area is 152 Å². The van der Waals surface area contributed by atoms with Crippen LogP contribution in [0.3, 0.4) is 0 Å². The molecule has 1 heterocycles. The van der Waals surface area contributed by atoms with E-state index in [0.29, 0.717) is 33.0 Å². The molecule has 0 aliphatic heterocycles. The van der Waals surface area contributed by atoms with Crippen LogP contribution in [-0.4, -0.2) is 17.5 Å². The fourth-order valence-electron chi connectivity index (χ4n) is 2.19. The summed E-state index contributed by atoms with van der Waals surface area (Å²) >= 11 is 12.3. The second-order valence-corrected chi connectivity index (χ2v) is 6.61. The minimum Gasteiger partial charge on any atom is -0.480 e. The molecule has 128 valence electrons. The Hall–Kier alpha value is -1.78. The third kappa shape index (κ3) is 4.40. The van der Waals surface area contributed by atoms with Crippen LogP contribution < -0.4 is 10.1 Å². The molecule has 0 fully saturated rings. The van der Waals surface area contributed by atoms with Gasteiger partial charge < -0.3 is 10.1 Å². The first kappa shape index (κ1) is 18.6. The van der Waals surface area contributed by atoms with E-state index in [2.05, 4.69) is 24.1 Å². The van der Waals surface area contributed by atoms with E-state index in [1.54, 1.807) is 13.8 Å². The number of carbonyl (C=O) groups excluding carboxylic acids is 1. The molecule has 0 radical (unpaired) electrons. The molecule has 2 aromatic rings. The zero-order valence-electron chi connectivity index (χ0n) is 14.1. The van der Waals surface area contributed by atoms with Gasteiger partial charge in [-0.05, 0) is 37.5 Å². The van der Waals surface area contributed by atoms with Crippen molar-refractivity contribution in [3.05, 3.63) is 51.3 Å². The lowest BCUT2D eigenvalue weighted by Gasteiger charge is -2.13. The molecule has 0 saturated heterocycles. The number of benzene rings is 1.